The highest BCUT2D eigenvalue weighted by atomic mass is 19.1. The highest BCUT2D eigenvalue weighted by Gasteiger charge is 2.61. The molecule has 31 heavy (non-hydrogen) atoms. The van der Waals surface area contributed by atoms with E-state index in [1.54, 1.807) is 18.0 Å². The third-order valence-electron chi connectivity index (χ3n) is 5.95. The van der Waals surface area contributed by atoms with Crippen LogP contribution in [0.1, 0.15) is 38.7 Å². The number of piperidine rings is 1. The lowest BCUT2D eigenvalue weighted by molar-refractivity contribution is -0.163. The predicted octanol–water partition coefficient (Wildman–Crippen LogP) is 2.47. The van der Waals surface area contributed by atoms with E-state index < -0.39 is 17.2 Å². The van der Waals surface area contributed by atoms with Crippen molar-refractivity contribution in [3.8, 4) is 11.4 Å². The molecule has 1 saturated heterocycles. The molecule has 1 aromatic heterocycles. The lowest BCUT2D eigenvalue weighted by Crippen LogP contribution is -2.77. The number of rotatable bonds is 4. The Morgan fingerprint density at radius 1 is 1.16 bits per heavy atom. The maximum atomic E-state index is 14.8. The van der Waals surface area contributed by atoms with Gasteiger partial charge in [0, 0.05) is 18.5 Å². The minimum atomic E-state index is -0.894. The van der Waals surface area contributed by atoms with E-state index in [1.165, 1.54) is 13.0 Å². The molecular weight excluding hydrogens is 406 g/mol. The number of hydrogen-bond donors (Lipinski definition) is 3. The van der Waals surface area contributed by atoms with Crippen molar-refractivity contribution in [2.45, 2.75) is 51.6 Å². The molecule has 2 aliphatic rings. The average molecular weight is 430 g/mol. The Hall–Kier alpha value is -3.14. The molecule has 1 aliphatic heterocycles. The first kappa shape index (κ1) is 21.1. The van der Waals surface area contributed by atoms with Crippen LogP contribution in [0.5, 0.6) is 0 Å². The summed E-state index contributed by atoms with van der Waals surface area (Å²) in [6, 6.07) is 2.97. The van der Waals surface area contributed by atoms with Crippen molar-refractivity contribution in [1.29, 1.82) is 0 Å². The zero-order valence-electron chi connectivity index (χ0n) is 17.5. The Morgan fingerprint density at radius 2 is 1.87 bits per heavy atom. The van der Waals surface area contributed by atoms with Crippen molar-refractivity contribution in [2.24, 2.45) is 5.92 Å². The summed E-state index contributed by atoms with van der Waals surface area (Å²) in [6.07, 6.45) is 4.16. The number of amides is 2. The molecule has 1 aliphatic carbocycles. The summed E-state index contributed by atoms with van der Waals surface area (Å²) >= 11 is 0. The monoisotopic (exact) mass is 430 g/mol. The van der Waals surface area contributed by atoms with Gasteiger partial charge in [-0.3, -0.25) is 20.4 Å². The SMILES string of the molecule is CC(=O)NNC(=O)C12CC(C)C[C@H](C1)N2Nc1cc(-c2ncc(F)cn2)c(C)cc1F. The van der Waals surface area contributed by atoms with E-state index in [0.29, 0.717) is 29.9 Å². The molecule has 10 heteroatoms. The lowest BCUT2D eigenvalue weighted by atomic mass is 9.65. The van der Waals surface area contributed by atoms with Gasteiger partial charge in [-0.25, -0.2) is 23.8 Å². The van der Waals surface area contributed by atoms with Gasteiger partial charge < -0.3 is 5.43 Å². The van der Waals surface area contributed by atoms with E-state index in [2.05, 4.69) is 33.2 Å². The van der Waals surface area contributed by atoms with Gasteiger partial charge in [-0.05, 0) is 49.8 Å². The van der Waals surface area contributed by atoms with Crippen LogP contribution < -0.4 is 16.3 Å². The van der Waals surface area contributed by atoms with Gasteiger partial charge in [-0.2, -0.15) is 0 Å². The summed E-state index contributed by atoms with van der Waals surface area (Å²) in [5.41, 5.74) is 8.31. The molecule has 0 radical (unpaired) electrons. The molecule has 4 rings (SSSR count). The van der Waals surface area contributed by atoms with Crippen molar-refractivity contribution in [3.63, 3.8) is 0 Å². The molecule has 164 valence electrons. The molecule has 2 aromatic rings. The van der Waals surface area contributed by atoms with Gasteiger partial charge in [0.2, 0.25) is 5.91 Å². The van der Waals surface area contributed by atoms with Crippen LogP contribution in [-0.2, 0) is 9.59 Å². The zero-order valence-corrected chi connectivity index (χ0v) is 17.5. The number of benzene rings is 1. The molecule has 2 fully saturated rings. The molecule has 0 spiro atoms. The Morgan fingerprint density at radius 3 is 2.55 bits per heavy atom. The van der Waals surface area contributed by atoms with Crippen LogP contribution in [0.3, 0.4) is 0 Å². The first-order valence-corrected chi connectivity index (χ1v) is 10.1. The van der Waals surface area contributed by atoms with Gasteiger partial charge in [0.05, 0.1) is 18.1 Å². The fourth-order valence-electron chi connectivity index (χ4n) is 4.65. The van der Waals surface area contributed by atoms with Crippen molar-refractivity contribution in [2.75, 3.05) is 5.43 Å². The van der Waals surface area contributed by atoms with Gasteiger partial charge in [-0.1, -0.05) is 6.92 Å². The van der Waals surface area contributed by atoms with E-state index in [1.807, 2.05) is 0 Å². The number of aryl methyl sites for hydroxylation is 1. The molecule has 2 unspecified atom stereocenters. The summed E-state index contributed by atoms with van der Waals surface area (Å²) < 4.78 is 28.0. The van der Waals surface area contributed by atoms with Gasteiger partial charge in [0.25, 0.3) is 5.91 Å². The third-order valence-corrected chi connectivity index (χ3v) is 5.95. The molecule has 2 amide bonds. The Labute approximate surface area is 178 Å². The number of carbonyl (C=O) groups is 2. The second-order valence-corrected chi connectivity index (χ2v) is 8.42. The van der Waals surface area contributed by atoms with E-state index in [9.17, 15) is 18.4 Å². The van der Waals surface area contributed by atoms with E-state index in [4.69, 9.17) is 0 Å². The highest BCUT2D eigenvalue weighted by Crippen LogP contribution is 2.49. The van der Waals surface area contributed by atoms with Gasteiger partial charge in [0.15, 0.2) is 11.6 Å². The minimum Gasteiger partial charge on any atom is -0.315 e. The summed E-state index contributed by atoms with van der Waals surface area (Å²) in [5.74, 6) is -1.18. The standard InChI is InChI=1S/C21H24F2N6O2/c1-11-4-15-8-21(7-11,20(31)27-26-13(3)30)29(15)28-18-6-16(12(2)5-17(18)23)19-24-9-14(22)10-25-19/h5-6,9-11,15,28H,4,7-8H2,1-3H3,(H,26,30)(H,27,31)/t11?,15-,21?/m1/s1. The zero-order chi connectivity index (χ0) is 22.3. The first-order valence-electron chi connectivity index (χ1n) is 10.1. The van der Waals surface area contributed by atoms with Gasteiger partial charge in [-0.15, -0.1) is 0 Å². The van der Waals surface area contributed by atoms with Crippen LogP contribution in [0.4, 0.5) is 14.5 Å². The van der Waals surface area contributed by atoms with E-state index in [-0.39, 0.29) is 29.4 Å². The Balaban J connectivity index is 1.63. The van der Waals surface area contributed by atoms with Crippen LogP contribution >= 0.6 is 0 Å². The Kier molecular flexibility index (Phi) is 5.34. The summed E-state index contributed by atoms with van der Waals surface area (Å²) in [6.45, 7) is 5.10. The number of anilines is 1. The number of halogens is 2. The maximum absolute atomic E-state index is 14.8. The topological polar surface area (TPSA) is 99.2 Å². The predicted molar refractivity (Wildman–Crippen MR) is 109 cm³/mol. The van der Waals surface area contributed by atoms with Crippen LogP contribution in [0, 0.1) is 24.5 Å². The first-order chi connectivity index (χ1) is 14.7. The minimum absolute atomic E-state index is 0.0538. The van der Waals surface area contributed by atoms with Crippen molar-refractivity contribution < 1.29 is 18.4 Å². The second kappa shape index (κ2) is 7.84. The average Bonchev–Trinajstić information content (AvgIpc) is 2.71. The lowest BCUT2D eigenvalue weighted by Gasteiger charge is -2.61. The quantitative estimate of drug-likeness (QED) is 0.645. The molecule has 3 atom stereocenters. The normalized spacial score (nSPS) is 24.8. The van der Waals surface area contributed by atoms with Crippen molar-refractivity contribution >= 4 is 17.5 Å². The second-order valence-electron chi connectivity index (χ2n) is 8.42. The Bertz CT molecular complexity index is 1030. The van der Waals surface area contributed by atoms with E-state index in [0.717, 1.165) is 18.8 Å². The van der Waals surface area contributed by atoms with Gasteiger partial charge >= 0.3 is 0 Å². The largest absolute Gasteiger partial charge is 0.315 e. The summed E-state index contributed by atoms with van der Waals surface area (Å²) in [5, 5.41) is 1.77. The fraction of sp³-hybridized carbons (Fsp3) is 0.429. The maximum Gasteiger partial charge on any atom is 0.260 e. The number of nitrogens with zero attached hydrogens (tertiary/aromatic N) is 3. The summed E-state index contributed by atoms with van der Waals surface area (Å²) in [4.78, 5) is 32.1. The number of nitrogens with one attached hydrogen (secondary N) is 3. The number of fused-ring (bicyclic) bond motifs is 2. The van der Waals surface area contributed by atoms with Crippen LogP contribution in [0.2, 0.25) is 0 Å². The van der Waals surface area contributed by atoms with E-state index >= 15 is 0 Å². The molecule has 1 saturated carbocycles. The smallest absolute Gasteiger partial charge is 0.260 e. The van der Waals surface area contributed by atoms with Crippen LogP contribution in [0.25, 0.3) is 11.4 Å². The van der Waals surface area contributed by atoms with Crippen LogP contribution in [0.15, 0.2) is 24.5 Å². The molecule has 8 nitrogen and oxygen atoms in total. The molecule has 1 aromatic carbocycles. The number of hydrazine groups is 2. The van der Waals surface area contributed by atoms with Crippen molar-refractivity contribution in [3.05, 3.63) is 41.7 Å². The van der Waals surface area contributed by atoms with Gasteiger partial charge in [0.1, 0.15) is 11.4 Å². The molecule has 3 N–H and O–H groups in total. The van der Waals surface area contributed by atoms with Crippen molar-refractivity contribution in [1.82, 2.24) is 25.8 Å². The molecule has 2 heterocycles. The highest BCUT2D eigenvalue weighted by molar-refractivity contribution is 5.90. The number of hydrogen-bond acceptors (Lipinski definition) is 6. The fourth-order valence-corrected chi connectivity index (χ4v) is 4.65. The summed E-state index contributed by atoms with van der Waals surface area (Å²) in [7, 11) is 0. The molecule has 2 bridgehead atoms. The van der Waals surface area contributed by atoms with Crippen LogP contribution in [-0.4, -0.2) is 38.4 Å². The number of aromatic nitrogens is 2. The molecular formula is C21H24F2N6O2. The third kappa shape index (κ3) is 3.83. The number of carbonyl (C=O) groups excluding carboxylic acids is 2.